The molecule has 0 radical (unpaired) electrons. The van der Waals surface area contributed by atoms with Crippen molar-refractivity contribution < 1.29 is 41.8 Å². The summed E-state index contributed by atoms with van der Waals surface area (Å²) in [5.74, 6) is -2.48. The summed E-state index contributed by atoms with van der Waals surface area (Å²) in [5, 5.41) is 1.79. The van der Waals surface area contributed by atoms with Crippen molar-refractivity contribution in [3.8, 4) is 11.8 Å². The number of fused-ring (bicyclic) bond motifs is 3. The number of allylic oxidation sites excluding steroid dienone is 2. The summed E-state index contributed by atoms with van der Waals surface area (Å²) in [6, 6.07) is 6.12. The lowest BCUT2D eigenvalue weighted by molar-refractivity contribution is -0.154. The number of Topliss-reactive ketones (excluding diaryl/α,β-unsaturated/α-hetero) is 1. The highest BCUT2D eigenvalue weighted by molar-refractivity contribution is 7.91. The number of esters is 1. The Balaban J connectivity index is 1.36. The molecule has 1 N–H and O–H groups in total. The van der Waals surface area contributed by atoms with Crippen LogP contribution in [0.5, 0.6) is 11.8 Å². The summed E-state index contributed by atoms with van der Waals surface area (Å²) >= 11 is 6.60. The zero-order valence-electron chi connectivity index (χ0n) is 33.3. The smallest absolute Gasteiger partial charge is 0.306 e. The van der Waals surface area contributed by atoms with Gasteiger partial charge in [0.2, 0.25) is 33.6 Å². The summed E-state index contributed by atoms with van der Waals surface area (Å²) in [6.45, 7) is 11.6. The fourth-order valence-corrected chi connectivity index (χ4v) is 9.85. The highest BCUT2D eigenvalue weighted by Gasteiger charge is 2.62. The van der Waals surface area contributed by atoms with E-state index in [0.29, 0.717) is 60.4 Å². The van der Waals surface area contributed by atoms with E-state index < -0.39 is 50.1 Å². The van der Waals surface area contributed by atoms with Gasteiger partial charge in [-0.2, -0.15) is 4.98 Å². The normalized spacial score (nSPS) is 29.8. The minimum absolute atomic E-state index is 0.0201. The van der Waals surface area contributed by atoms with Crippen LogP contribution in [0.15, 0.2) is 36.4 Å². The number of ketones is 1. The lowest BCUT2D eigenvalue weighted by atomic mass is 9.82. The molecule has 3 fully saturated rings. The lowest BCUT2D eigenvalue weighted by Gasteiger charge is -2.32. The summed E-state index contributed by atoms with van der Waals surface area (Å²) in [4.78, 5) is 62.9. The van der Waals surface area contributed by atoms with Gasteiger partial charge in [0.05, 0.1) is 47.8 Å². The van der Waals surface area contributed by atoms with Crippen molar-refractivity contribution >= 4 is 56.0 Å². The van der Waals surface area contributed by atoms with Crippen molar-refractivity contribution in [3.05, 3.63) is 41.4 Å². The second-order valence-electron chi connectivity index (χ2n) is 17.1. The first-order chi connectivity index (χ1) is 26.5. The molecule has 14 heteroatoms. The van der Waals surface area contributed by atoms with Gasteiger partial charge < -0.3 is 19.1 Å². The molecule has 2 amide bonds. The van der Waals surface area contributed by atoms with Gasteiger partial charge in [0, 0.05) is 34.7 Å². The van der Waals surface area contributed by atoms with Crippen LogP contribution in [0.3, 0.4) is 0 Å². The van der Waals surface area contributed by atoms with Crippen LogP contribution in [0, 0.1) is 29.1 Å². The number of benzene rings is 1. The van der Waals surface area contributed by atoms with Crippen molar-refractivity contribution in [3.63, 3.8) is 0 Å². The van der Waals surface area contributed by atoms with Gasteiger partial charge in [0.15, 0.2) is 5.78 Å². The van der Waals surface area contributed by atoms with E-state index in [1.807, 2.05) is 32.1 Å². The molecule has 2 aliphatic heterocycles. The van der Waals surface area contributed by atoms with E-state index in [1.165, 1.54) is 4.90 Å². The van der Waals surface area contributed by atoms with Gasteiger partial charge in [-0.3, -0.25) is 23.9 Å². The van der Waals surface area contributed by atoms with Gasteiger partial charge in [-0.1, -0.05) is 50.6 Å². The van der Waals surface area contributed by atoms with E-state index in [1.54, 1.807) is 39.0 Å². The Bertz CT molecular complexity index is 1980. The number of carbonyl (C=O) groups excluding carboxylic acids is 4. The van der Waals surface area contributed by atoms with E-state index in [-0.39, 0.29) is 67.2 Å². The van der Waals surface area contributed by atoms with Crippen LogP contribution in [0.1, 0.15) is 106 Å². The average molecular weight is 814 g/mol. The number of aromatic nitrogens is 1. The minimum atomic E-state index is -3.96. The number of rotatable bonds is 11. The molecule has 1 saturated heterocycles. The number of sulfonamides is 1. The Hall–Kier alpha value is -3.71. The molecule has 3 heterocycles. The van der Waals surface area contributed by atoms with Crippen LogP contribution in [0.2, 0.25) is 5.02 Å². The molecular formula is C42H56ClN3O9S. The van der Waals surface area contributed by atoms with Crippen molar-refractivity contribution in [2.45, 2.75) is 129 Å². The maximum atomic E-state index is 14.9. The molecule has 12 nitrogen and oxygen atoms in total. The molecule has 0 bridgehead atoms. The number of carbonyl (C=O) groups is 4. The number of hydrogen-bond donors (Lipinski definition) is 1. The molecule has 0 unspecified atom stereocenters. The summed E-state index contributed by atoms with van der Waals surface area (Å²) in [5.41, 5.74) is -1.28. The van der Waals surface area contributed by atoms with Gasteiger partial charge in [0.25, 0.3) is 0 Å². The number of pyridine rings is 1. The van der Waals surface area contributed by atoms with Crippen molar-refractivity contribution in [2.75, 3.05) is 13.2 Å². The molecule has 1 aromatic heterocycles. The van der Waals surface area contributed by atoms with Crippen LogP contribution < -0.4 is 14.2 Å². The number of hydrogen-bond acceptors (Lipinski definition) is 10. The molecule has 1 aromatic carbocycles. The fraction of sp³-hybridized carbons (Fsp3) is 0.643. The average Bonchev–Trinajstić information content (AvgIpc) is 4.01. The highest BCUT2D eigenvalue weighted by atomic mass is 35.5. The molecule has 7 atom stereocenters. The summed E-state index contributed by atoms with van der Waals surface area (Å²) < 4.78 is 45.8. The van der Waals surface area contributed by atoms with E-state index in [0.717, 1.165) is 12.8 Å². The SMILES string of the molecule is CCCOc1cc2c(Cl)cccc2c(O[C@@H]2C[C@H]3C(=O)C[C@]4(C(=O)NS(=O)(=O)C5(C)CC5)C[C@H]4/C=C\CC[C@@H](C)C[C@@H](C)[C@H](CC(=O)OC(C)C)C(=O)N3C2)n1. The van der Waals surface area contributed by atoms with E-state index in [2.05, 4.69) is 16.6 Å². The highest BCUT2D eigenvalue weighted by Crippen LogP contribution is 2.58. The third kappa shape index (κ3) is 9.03. The maximum Gasteiger partial charge on any atom is 0.306 e. The van der Waals surface area contributed by atoms with Crippen LogP contribution in [-0.4, -0.2) is 78.0 Å². The number of nitrogens with one attached hydrogen (secondary N) is 1. The predicted molar refractivity (Wildman–Crippen MR) is 213 cm³/mol. The Morgan fingerprint density at radius 3 is 2.57 bits per heavy atom. The number of amides is 2. The zero-order chi connectivity index (χ0) is 40.6. The van der Waals surface area contributed by atoms with Gasteiger partial charge in [-0.15, -0.1) is 0 Å². The largest absolute Gasteiger partial charge is 0.478 e. The Morgan fingerprint density at radius 2 is 1.88 bits per heavy atom. The Kier molecular flexibility index (Phi) is 12.5. The van der Waals surface area contributed by atoms with Crippen LogP contribution in [0.25, 0.3) is 10.8 Å². The molecule has 4 aliphatic rings. The number of nitrogens with zero attached hydrogens (tertiary/aromatic N) is 2. The van der Waals surface area contributed by atoms with Crippen molar-refractivity contribution in [2.24, 2.45) is 29.1 Å². The molecule has 2 aromatic rings. The fourth-order valence-electron chi connectivity index (χ4n) is 8.29. The van der Waals surface area contributed by atoms with Gasteiger partial charge in [-0.25, -0.2) is 8.42 Å². The summed E-state index contributed by atoms with van der Waals surface area (Å²) in [6.07, 6.45) is 6.74. The first kappa shape index (κ1) is 41.9. The topological polar surface area (TPSA) is 158 Å². The number of halogens is 1. The van der Waals surface area contributed by atoms with Crippen LogP contribution in [0.4, 0.5) is 0 Å². The molecule has 0 spiro atoms. The van der Waals surface area contributed by atoms with Crippen LogP contribution in [-0.2, 0) is 33.9 Å². The lowest BCUT2D eigenvalue weighted by Crippen LogP contribution is -2.48. The van der Waals surface area contributed by atoms with Gasteiger partial charge >= 0.3 is 5.97 Å². The second kappa shape index (κ2) is 16.6. The molecule has 2 saturated carbocycles. The maximum absolute atomic E-state index is 14.9. The molecule has 2 aliphatic carbocycles. The molecule has 306 valence electrons. The zero-order valence-corrected chi connectivity index (χ0v) is 34.9. The summed E-state index contributed by atoms with van der Waals surface area (Å²) in [7, 11) is -3.96. The minimum Gasteiger partial charge on any atom is -0.478 e. The third-order valence-electron chi connectivity index (χ3n) is 12.0. The second-order valence-corrected chi connectivity index (χ2v) is 19.7. The Morgan fingerprint density at radius 1 is 1.12 bits per heavy atom. The van der Waals surface area contributed by atoms with E-state index in [9.17, 15) is 27.6 Å². The third-order valence-corrected chi connectivity index (χ3v) is 14.5. The first-order valence-corrected chi connectivity index (χ1v) is 22.0. The standard InChI is InChI=1S/C42H56ClN3O9S/c1-7-17-53-36-20-32-30(13-10-14-33(32)43)38(44-36)55-29-19-34-35(47)23-42(40(50)45-56(51,52)41(6)15-16-41)22-28(42)12-9-8-11-26(4)18-27(5)31(39(49)46(34)24-29)21-37(48)54-25(2)3/h9-10,12-14,20,25-29,31,34H,7-8,11,15-19,21-24H2,1-6H3,(H,45,50)/b12-9-/t26-,27-,28-,29-,31+,34+,42-/m1/s1. The van der Waals surface area contributed by atoms with Gasteiger partial charge in [-0.05, 0) is 95.6 Å². The van der Waals surface area contributed by atoms with Crippen molar-refractivity contribution in [1.29, 1.82) is 0 Å². The predicted octanol–water partition coefficient (Wildman–Crippen LogP) is 6.96. The number of ether oxygens (including phenoxy) is 3. The molecule has 6 rings (SSSR count). The first-order valence-electron chi connectivity index (χ1n) is 20.1. The van der Waals surface area contributed by atoms with Crippen LogP contribution >= 0.6 is 11.6 Å². The monoisotopic (exact) mass is 813 g/mol. The quantitative estimate of drug-likeness (QED) is 0.186. The van der Waals surface area contributed by atoms with Crippen molar-refractivity contribution in [1.82, 2.24) is 14.6 Å². The molecular weight excluding hydrogens is 758 g/mol. The Labute approximate surface area is 335 Å². The van der Waals surface area contributed by atoms with E-state index in [4.69, 9.17) is 25.8 Å². The van der Waals surface area contributed by atoms with E-state index >= 15 is 0 Å². The molecule has 56 heavy (non-hydrogen) atoms. The van der Waals surface area contributed by atoms with Gasteiger partial charge in [0.1, 0.15) is 6.10 Å².